The molecule has 2 atom stereocenters. The van der Waals surface area contributed by atoms with Crippen LogP contribution >= 0.6 is 11.6 Å². The van der Waals surface area contributed by atoms with E-state index in [0.29, 0.717) is 10.6 Å². The van der Waals surface area contributed by atoms with Crippen molar-refractivity contribution >= 4 is 17.5 Å². The van der Waals surface area contributed by atoms with E-state index in [1.54, 1.807) is 6.07 Å². The number of carbonyl (C=O) groups excluding carboxylic acids is 1. The summed E-state index contributed by atoms with van der Waals surface area (Å²) in [5.41, 5.74) is 1.55. The molecule has 0 bridgehead atoms. The second-order valence-corrected chi connectivity index (χ2v) is 5.38. The van der Waals surface area contributed by atoms with Gasteiger partial charge in [0.2, 0.25) is 0 Å². The summed E-state index contributed by atoms with van der Waals surface area (Å²) in [6, 6.07) is 5.99. The fourth-order valence-electron chi connectivity index (χ4n) is 2.48. The van der Waals surface area contributed by atoms with Gasteiger partial charge in [-0.25, -0.2) is 0 Å². The van der Waals surface area contributed by atoms with Gasteiger partial charge < -0.3 is 10.2 Å². The number of benzene rings is 1. The van der Waals surface area contributed by atoms with E-state index in [-0.39, 0.29) is 18.0 Å². The van der Waals surface area contributed by atoms with Crippen molar-refractivity contribution in [3.8, 4) is 0 Å². The molecule has 1 heterocycles. The summed E-state index contributed by atoms with van der Waals surface area (Å²) >= 11 is 6.24. The van der Waals surface area contributed by atoms with Crippen molar-refractivity contribution in [2.24, 2.45) is 0 Å². The molecule has 0 aromatic heterocycles. The third-order valence-electron chi connectivity index (χ3n) is 3.49. The standard InChI is InChI=1S/C14H19ClN2O/c1-9-5-4-6-12(13(9)15)14(18)17-10(2)7-16-8-11(17)3/h4-6,10-11,16H,7-8H2,1-3H3. The highest BCUT2D eigenvalue weighted by Crippen LogP contribution is 2.24. The first-order valence-electron chi connectivity index (χ1n) is 6.31. The zero-order chi connectivity index (χ0) is 13.3. The molecule has 0 aliphatic carbocycles. The first-order chi connectivity index (χ1) is 8.52. The molecule has 1 aromatic carbocycles. The first kappa shape index (κ1) is 13.4. The molecule has 98 valence electrons. The zero-order valence-electron chi connectivity index (χ0n) is 11.0. The molecular formula is C14H19ClN2O. The van der Waals surface area contributed by atoms with Gasteiger partial charge in [0, 0.05) is 25.2 Å². The van der Waals surface area contributed by atoms with Gasteiger partial charge in [-0.05, 0) is 32.4 Å². The van der Waals surface area contributed by atoms with Crippen LogP contribution in [0.25, 0.3) is 0 Å². The summed E-state index contributed by atoms with van der Waals surface area (Å²) in [7, 11) is 0. The molecule has 1 aliphatic rings. The van der Waals surface area contributed by atoms with E-state index in [1.807, 2.05) is 24.0 Å². The van der Waals surface area contributed by atoms with Crippen LogP contribution in [0.4, 0.5) is 0 Å². The van der Waals surface area contributed by atoms with Crippen LogP contribution in [0.1, 0.15) is 29.8 Å². The molecule has 1 fully saturated rings. The van der Waals surface area contributed by atoms with Gasteiger partial charge in [-0.1, -0.05) is 23.7 Å². The maximum absolute atomic E-state index is 12.6. The van der Waals surface area contributed by atoms with Crippen LogP contribution in [0.15, 0.2) is 18.2 Å². The van der Waals surface area contributed by atoms with Crippen molar-refractivity contribution in [3.63, 3.8) is 0 Å². The number of hydrogen-bond acceptors (Lipinski definition) is 2. The lowest BCUT2D eigenvalue weighted by atomic mass is 10.1. The van der Waals surface area contributed by atoms with Gasteiger partial charge in [0.25, 0.3) is 5.91 Å². The van der Waals surface area contributed by atoms with Crippen molar-refractivity contribution in [2.75, 3.05) is 13.1 Å². The number of rotatable bonds is 1. The average Bonchev–Trinajstić information content (AvgIpc) is 2.32. The molecule has 0 saturated carbocycles. The Balaban J connectivity index is 2.32. The smallest absolute Gasteiger partial charge is 0.255 e. The first-order valence-corrected chi connectivity index (χ1v) is 6.68. The van der Waals surface area contributed by atoms with Gasteiger partial charge in [0.1, 0.15) is 0 Å². The lowest BCUT2D eigenvalue weighted by molar-refractivity contribution is 0.0544. The summed E-state index contributed by atoms with van der Waals surface area (Å²) in [5.74, 6) is 0.0326. The Kier molecular flexibility index (Phi) is 3.93. The van der Waals surface area contributed by atoms with Crippen LogP contribution in [0.3, 0.4) is 0 Å². The summed E-state index contributed by atoms with van der Waals surface area (Å²) in [6.07, 6.45) is 0. The fourth-order valence-corrected chi connectivity index (χ4v) is 2.69. The number of halogens is 1. The van der Waals surface area contributed by atoms with Crippen molar-refractivity contribution in [1.29, 1.82) is 0 Å². The monoisotopic (exact) mass is 266 g/mol. The zero-order valence-corrected chi connectivity index (χ0v) is 11.8. The highest BCUT2D eigenvalue weighted by Gasteiger charge is 2.30. The van der Waals surface area contributed by atoms with Gasteiger partial charge in [0.15, 0.2) is 0 Å². The molecule has 2 unspecified atom stereocenters. The van der Waals surface area contributed by atoms with E-state index in [0.717, 1.165) is 18.7 Å². The second-order valence-electron chi connectivity index (χ2n) is 5.01. The molecule has 1 N–H and O–H groups in total. The Bertz CT molecular complexity index is 451. The molecule has 0 radical (unpaired) electrons. The highest BCUT2D eigenvalue weighted by molar-refractivity contribution is 6.34. The Labute approximate surface area is 113 Å². The van der Waals surface area contributed by atoms with E-state index in [9.17, 15) is 4.79 Å². The molecule has 0 spiro atoms. The number of amides is 1. The van der Waals surface area contributed by atoms with Gasteiger partial charge in [-0.2, -0.15) is 0 Å². The van der Waals surface area contributed by atoms with Crippen LogP contribution in [-0.4, -0.2) is 36.0 Å². The minimum atomic E-state index is 0.0326. The molecule has 1 saturated heterocycles. The molecule has 18 heavy (non-hydrogen) atoms. The van der Waals surface area contributed by atoms with Crippen LogP contribution < -0.4 is 5.32 Å². The Morgan fingerprint density at radius 2 is 1.94 bits per heavy atom. The lowest BCUT2D eigenvalue weighted by Crippen LogP contribution is -2.57. The molecule has 4 heteroatoms. The number of hydrogen-bond donors (Lipinski definition) is 1. The summed E-state index contributed by atoms with van der Waals surface area (Å²) < 4.78 is 0. The van der Waals surface area contributed by atoms with Gasteiger partial charge in [0.05, 0.1) is 10.6 Å². The predicted octanol–water partition coefficient (Wildman–Crippen LogP) is 2.47. The van der Waals surface area contributed by atoms with Crippen molar-refractivity contribution in [1.82, 2.24) is 10.2 Å². The quantitative estimate of drug-likeness (QED) is 0.847. The summed E-state index contributed by atoms with van der Waals surface area (Å²) in [5, 5.41) is 3.89. The average molecular weight is 267 g/mol. The Hall–Kier alpha value is -1.06. The van der Waals surface area contributed by atoms with Crippen molar-refractivity contribution < 1.29 is 4.79 Å². The third kappa shape index (κ3) is 2.38. The van der Waals surface area contributed by atoms with Crippen LogP contribution in [-0.2, 0) is 0 Å². The van der Waals surface area contributed by atoms with Gasteiger partial charge in [-0.15, -0.1) is 0 Å². The van der Waals surface area contributed by atoms with E-state index in [4.69, 9.17) is 11.6 Å². The molecule has 1 amide bonds. The third-order valence-corrected chi connectivity index (χ3v) is 3.99. The Morgan fingerprint density at radius 1 is 1.33 bits per heavy atom. The van der Waals surface area contributed by atoms with Crippen molar-refractivity contribution in [2.45, 2.75) is 32.9 Å². The molecule has 2 rings (SSSR count). The largest absolute Gasteiger partial charge is 0.331 e. The minimum Gasteiger partial charge on any atom is -0.331 e. The molecule has 1 aliphatic heterocycles. The summed E-state index contributed by atoms with van der Waals surface area (Å²) in [6.45, 7) is 7.71. The van der Waals surface area contributed by atoms with Crippen LogP contribution in [0, 0.1) is 6.92 Å². The maximum Gasteiger partial charge on any atom is 0.255 e. The fraction of sp³-hybridized carbons (Fsp3) is 0.500. The number of aryl methyl sites for hydroxylation is 1. The number of nitrogens with one attached hydrogen (secondary N) is 1. The van der Waals surface area contributed by atoms with E-state index in [2.05, 4.69) is 19.2 Å². The van der Waals surface area contributed by atoms with E-state index in [1.165, 1.54) is 0 Å². The van der Waals surface area contributed by atoms with Gasteiger partial charge >= 0.3 is 0 Å². The van der Waals surface area contributed by atoms with E-state index >= 15 is 0 Å². The highest BCUT2D eigenvalue weighted by atomic mass is 35.5. The van der Waals surface area contributed by atoms with Crippen molar-refractivity contribution in [3.05, 3.63) is 34.3 Å². The minimum absolute atomic E-state index is 0.0326. The van der Waals surface area contributed by atoms with Crippen LogP contribution in [0.5, 0.6) is 0 Å². The van der Waals surface area contributed by atoms with Crippen LogP contribution in [0.2, 0.25) is 5.02 Å². The molecule has 1 aromatic rings. The maximum atomic E-state index is 12.6. The lowest BCUT2D eigenvalue weighted by Gasteiger charge is -2.39. The van der Waals surface area contributed by atoms with Gasteiger partial charge in [-0.3, -0.25) is 4.79 Å². The molecule has 3 nitrogen and oxygen atoms in total. The number of nitrogens with zero attached hydrogens (tertiary/aromatic N) is 1. The SMILES string of the molecule is Cc1cccc(C(=O)N2C(C)CNCC2C)c1Cl. The Morgan fingerprint density at radius 3 is 2.56 bits per heavy atom. The second kappa shape index (κ2) is 5.29. The summed E-state index contributed by atoms with van der Waals surface area (Å²) in [4.78, 5) is 14.5. The number of piperazine rings is 1. The predicted molar refractivity (Wildman–Crippen MR) is 74.2 cm³/mol. The topological polar surface area (TPSA) is 32.3 Å². The normalized spacial score (nSPS) is 24.1. The molecular weight excluding hydrogens is 248 g/mol. The number of carbonyl (C=O) groups is 1. The van der Waals surface area contributed by atoms with E-state index < -0.39 is 0 Å².